The first-order valence-corrected chi connectivity index (χ1v) is 9.87. The van der Waals surface area contributed by atoms with Gasteiger partial charge in [-0.15, -0.1) is 0 Å². The normalized spacial score (nSPS) is 16.2. The fourth-order valence-electron chi connectivity index (χ4n) is 4.31. The second-order valence-electron chi connectivity index (χ2n) is 7.83. The molecule has 3 nitrogen and oxygen atoms in total. The molecule has 1 saturated carbocycles. The number of pyridine rings is 1. The van der Waals surface area contributed by atoms with Gasteiger partial charge in [0.15, 0.2) is 0 Å². The van der Waals surface area contributed by atoms with Crippen LogP contribution in [0, 0.1) is 6.92 Å². The van der Waals surface area contributed by atoms with Gasteiger partial charge in [0.05, 0.1) is 11.1 Å². The minimum Gasteiger partial charge on any atom is -0.346 e. The highest BCUT2D eigenvalue weighted by molar-refractivity contribution is 5.98. The number of nitrogens with one attached hydrogen (secondary N) is 1. The van der Waals surface area contributed by atoms with Gasteiger partial charge in [0, 0.05) is 17.1 Å². The molecule has 0 saturated heterocycles. The van der Waals surface area contributed by atoms with Crippen molar-refractivity contribution >= 4 is 16.8 Å². The van der Waals surface area contributed by atoms with Crippen molar-refractivity contribution in [1.82, 2.24) is 10.3 Å². The minimum absolute atomic E-state index is 0.0104. The molecule has 0 spiro atoms. The maximum absolute atomic E-state index is 13.1. The van der Waals surface area contributed by atoms with Crippen molar-refractivity contribution in [3.05, 3.63) is 77.5 Å². The van der Waals surface area contributed by atoms with Crippen LogP contribution in [0.2, 0.25) is 0 Å². The monoisotopic (exact) mass is 358 g/mol. The topological polar surface area (TPSA) is 42.0 Å². The number of aryl methyl sites for hydroxylation is 1. The van der Waals surface area contributed by atoms with E-state index in [2.05, 4.69) is 34.6 Å². The fourth-order valence-corrected chi connectivity index (χ4v) is 4.31. The molecule has 1 aromatic heterocycles. The number of benzene rings is 2. The van der Waals surface area contributed by atoms with Gasteiger partial charge >= 0.3 is 0 Å². The summed E-state index contributed by atoms with van der Waals surface area (Å²) in [6.45, 7) is 2.05. The summed E-state index contributed by atoms with van der Waals surface area (Å²) in [7, 11) is 0. The summed E-state index contributed by atoms with van der Waals surface area (Å²) in [4.78, 5) is 17.6. The van der Waals surface area contributed by atoms with Crippen LogP contribution in [0.5, 0.6) is 0 Å². The number of amides is 1. The Morgan fingerprint density at radius 3 is 2.59 bits per heavy atom. The van der Waals surface area contributed by atoms with Crippen molar-refractivity contribution in [3.8, 4) is 0 Å². The molecular weight excluding hydrogens is 332 g/mol. The number of fused-ring (bicyclic) bond motifs is 1. The number of hydrogen-bond donors (Lipinski definition) is 1. The largest absolute Gasteiger partial charge is 0.346 e. The zero-order valence-corrected chi connectivity index (χ0v) is 15.9. The number of rotatable bonds is 4. The van der Waals surface area contributed by atoms with Crippen molar-refractivity contribution < 1.29 is 4.79 Å². The molecule has 0 bridgehead atoms. The van der Waals surface area contributed by atoms with E-state index in [0.717, 1.165) is 35.7 Å². The zero-order valence-electron chi connectivity index (χ0n) is 15.9. The van der Waals surface area contributed by atoms with Crippen molar-refractivity contribution in [3.63, 3.8) is 0 Å². The van der Waals surface area contributed by atoms with E-state index < -0.39 is 0 Å². The number of aromatic nitrogens is 1. The summed E-state index contributed by atoms with van der Waals surface area (Å²) in [6.07, 6.45) is 8.26. The predicted octanol–water partition coefficient (Wildman–Crippen LogP) is 5.22. The lowest BCUT2D eigenvalue weighted by molar-refractivity contribution is 0.0868. The van der Waals surface area contributed by atoms with E-state index in [1.54, 1.807) is 6.20 Å². The summed E-state index contributed by atoms with van der Waals surface area (Å²) >= 11 is 0. The highest BCUT2D eigenvalue weighted by Crippen LogP contribution is 2.32. The van der Waals surface area contributed by atoms with E-state index >= 15 is 0 Å². The van der Waals surface area contributed by atoms with Crippen LogP contribution >= 0.6 is 0 Å². The first-order valence-electron chi connectivity index (χ1n) is 9.87. The quantitative estimate of drug-likeness (QED) is 0.695. The first-order chi connectivity index (χ1) is 13.2. The van der Waals surface area contributed by atoms with Gasteiger partial charge in [-0.2, -0.15) is 0 Å². The summed E-state index contributed by atoms with van der Waals surface area (Å²) in [5, 5.41) is 4.41. The standard InChI is InChI=1S/C24H26N2O/c1-18-9-8-12-20-15-21(17-25-22(18)20)23(27)26-24(13-6-3-7-14-24)16-19-10-4-2-5-11-19/h2,4-5,8-12,15,17H,3,6-7,13-14,16H2,1H3,(H,26,27). The molecule has 0 atom stereocenters. The summed E-state index contributed by atoms with van der Waals surface area (Å²) in [6, 6.07) is 18.5. The molecule has 1 fully saturated rings. The maximum Gasteiger partial charge on any atom is 0.253 e. The third kappa shape index (κ3) is 3.87. The van der Waals surface area contributed by atoms with Gasteiger partial charge in [0.25, 0.3) is 5.91 Å². The van der Waals surface area contributed by atoms with E-state index in [4.69, 9.17) is 0 Å². The van der Waals surface area contributed by atoms with E-state index in [-0.39, 0.29) is 11.4 Å². The molecule has 138 valence electrons. The van der Waals surface area contributed by atoms with Crippen LogP contribution in [0.4, 0.5) is 0 Å². The fraction of sp³-hybridized carbons (Fsp3) is 0.333. The lowest BCUT2D eigenvalue weighted by Gasteiger charge is -2.38. The van der Waals surface area contributed by atoms with Crippen molar-refractivity contribution in [2.45, 2.75) is 51.0 Å². The van der Waals surface area contributed by atoms with Gasteiger partial charge in [-0.1, -0.05) is 67.8 Å². The third-order valence-electron chi connectivity index (χ3n) is 5.75. The predicted molar refractivity (Wildman–Crippen MR) is 110 cm³/mol. The molecule has 0 unspecified atom stereocenters. The molecule has 0 radical (unpaired) electrons. The average Bonchev–Trinajstić information content (AvgIpc) is 2.69. The maximum atomic E-state index is 13.1. The van der Waals surface area contributed by atoms with Gasteiger partial charge < -0.3 is 5.32 Å². The summed E-state index contributed by atoms with van der Waals surface area (Å²) in [5.41, 5.74) is 3.87. The Bertz CT molecular complexity index is 943. The smallest absolute Gasteiger partial charge is 0.253 e. The Morgan fingerprint density at radius 1 is 1.04 bits per heavy atom. The highest BCUT2D eigenvalue weighted by Gasteiger charge is 2.34. The molecule has 27 heavy (non-hydrogen) atoms. The number of nitrogens with zero attached hydrogens (tertiary/aromatic N) is 1. The minimum atomic E-state index is -0.155. The molecule has 1 heterocycles. The SMILES string of the molecule is Cc1cccc2cc(C(=O)NC3(Cc4ccccc4)CCCCC3)cnc12. The van der Waals surface area contributed by atoms with Crippen LogP contribution in [0.15, 0.2) is 60.8 Å². The lowest BCUT2D eigenvalue weighted by Crippen LogP contribution is -2.51. The van der Waals surface area contributed by atoms with E-state index in [1.807, 2.05) is 37.3 Å². The number of para-hydroxylation sites is 1. The first kappa shape index (κ1) is 17.7. The second-order valence-corrected chi connectivity index (χ2v) is 7.83. The van der Waals surface area contributed by atoms with E-state index in [9.17, 15) is 4.79 Å². The molecular formula is C24H26N2O. The molecule has 1 aliphatic rings. The zero-order chi connectivity index (χ0) is 18.7. The van der Waals surface area contributed by atoms with Crippen LogP contribution < -0.4 is 5.32 Å². The highest BCUT2D eigenvalue weighted by atomic mass is 16.1. The lowest BCUT2D eigenvalue weighted by atomic mass is 9.77. The Kier molecular flexibility index (Phi) is 4.93. The van der Waals surface area contributed by atoms with Gasteiger partial charge in [-0.05, 0) is 43.4 Å². The van der Waals surface area contributed by atoms with Crippen LogP contribution in [0.3, 0.4) is 0 Å². The molecule has 3 heteroatoms. The molecule has 0 aliphatic heterocycles. The molecule has 4 rings (SSSR count). The van der Waals surface area contributed by atoms with Gasteiger partial charge in [-0.25, -0.2) is 0 Å². The Labute approximate surface area is 160 Å². The van der Waals surface area contributed by atoms with Crippen LogP contribution in [-0.4, -0.2) is 16.4 Å². The number of hydrogen-bond acceptors (Lipinski definition) is 2. The molecule has 1 amide bonds. The molecule has 1 N–H and O–H groups in total. The van der Waals surface area contributed by atoms with Crippen molar-refractivity contribution in [1.29, 1.82) is 0 Å². The molecule has 1 aliphatic carbocycles. The summed E-state index contributed by atoms with van der Waals surface area (Å²) in [5.74, 6) is -0.0104. The number of carbonyl (C=O) groups excluding carboxylic acids is 1. The van der Waals surface area contributed by atoms with Crippen molar-refractivity contribution in [2.75, 3.05) is 0 Å². The second kappa shape index (κ2) is 7.51. The van der Waals surface area contributed by atoms with E-state index in [0.29, 0.717) is 5.56 Å². The average molecular weight is 358 g/mol. The van der Waals surface area contributed by atoms with Crippen molar-refractivity contribution in [2.24, 2.45) is 0 Å². The van der Waals surface area contributed by atoms with Crippen LogP contribution in [-0.2, 0) is 6.42 Å². The molecule has 2 aromatic carbocycles. The van der Waals surface area contributed by atoms with Gasteiger partial charge in [0.2, 0.25) is 0 Å². The number of carbonyl (C=O) groups is 1. The Balaban J connectivity index is 1.60. The molecule has 3 aromatic rings. The summed E-state index contributed by atoms with van der Waals surface area (Å²) < 4.78 is 0. The van der Waals surface area contributed by atoms with Crippen LogP contribution in [0.25, 0.3) is 10.9 Å². The third-order valence-corrected chi connectivity index (χ3v) is 5.75. The van der Waals surface area contributed by atoms with Gasteiger partial charge in [0.1, 0.15) is 0 Å². The Hall–Kier alpha value is -2.68. The van der Waals surface area contributed by atoms with E-state index in [1.165, 1.54) is 24.8 Å². The Morgan fingerprint density at radius 2 is 1.81 bits per heavy atom. The van der Waals surface area contributed by atoms with Gasteiger partial charge in [-0.3, -0.25) is 9.78 Å². The van der Waals surface area contributed by atoms with Crippen LogP contribution in [0.1, 0.15) is 53.6 Å².